The molecular weight excluding hydrogens is 320 g/mol. The first-order valence-corrected chi connectivity index (χ1v) is 7.08. The molecule has 2 heterocycles. The molecule has 2 rings (SSSR count). The van der Waals surface area contributed by atoms with Crippen molar-refractivity contribution in [3.05, 3.63) is 0 Å². The standard InChI is InChI=1S/C12H22O11/c13-1-3-5(15)6(16)9(19)12(22-3)23-10-4(2-14)21-11(20)8(18)7(10)17/h3-20H,1-2H2/t3-,4-,5-,6+,7-,8-,9-,10+,11+,12+/m1/s1. The highest BCUT2D eigenvalue weighted by Gasteiger charge is 2.50. The van der Waals surface area contributed by atoms with Crippen LogP contribution < -0.4 is 0 Å². The van der Waals surface area contributed by atoms with Gasteiger partial charge in [0, 0.05) is 0 Å². The van der Waals surface area contributed by atoms with Crippen LogP contribution in [0.4, 0.5) is 0 Å². The van der Waals surface area contributed by atoms with Crippen molar-refractivity contribution in [3.8, 4) is 0 Å². The lowest BCUT2D eigenvalue weighted by Gasteiger charge is -2.45. The van der Waals surface area contributed by atoms with Gasteiger partial charge >= 0.3 is 0 Å². The van der Waals surface area contributed by atoms with Gasteiger partial charge in [-0.05, 0) is 0 Å². The fourth-order valence-electron chi connectivity index (χ4n) is 2.57. The summed E-state index contributed by atoms with van der Waals surface area (Å²) in [5.74, 6) is 0. The SMILES string of the molecule is OC[C@H]1O[C@@H](O[C@@H]2[C@H](O)[C@@H](O)[C@@H](O)O[C@@H]2CO)[C@H](O)[C@@H](O)[C@@H]1O. The molecule has 8 N–H and O–H groups in total. The summed E-state index contributed by atoms with van der Waals surface area (Å²) in [5.41, 5.74) is 0. The van der Waals surface area contributed by atoms with Gasteiger partial charge in [-0.1, -0.05) is 0 Å². The third kappa shape index (κ3) is 3.65. The van der Waals surface area contributed by atoms with Gasteiger partial charge in [-0.25, -0.2) is 0 Å². The zero-order valence-electron chi connectivity index (χ0n) is 12.0. The van der Waals surface area contributed by atoms with Crippen molar-refractivity contribution in [2.24, 2.45) is 0 Å². The Labute approximate surface area is 130 Å². The van der Waals surface area contributed by atoms with Gasteiger partial charge in [0.25, 0.3) is 0 Å². The Morgan fingerprint density at radius 2 is 1.26 bits per heavy atom. The number of ether oxygens (including phenoxy) is 3. The van der Waals surface area contributed by atoms with E-state index in [2.05, 4.69) is 0 Å². The minimum Gasteiger partial charge on any atom is -0.394 e. The van der Waals surface area contributed by atoms with E-state index in [-0.39, 0.29) is 0 Å². The number of rotatable bonds is 4. The van der Waals surface area contributed by atoms with E-state index >= 15 is 0 Å². The second-order valence-corrected chi connectivity index (χ2v) is 5.53. The summed E-state index contributed by atoms with van der Waals surface area (Å²) in [6, 6.07) is 0. The summed E-state index contributed by atoms with van der Waals surface area (Å²) in [5, 5.41) is 76.5. The van der Waals surface area contributed by atoms with Crippen molar-refractivity contribution >= 4 is 0 Å². The van der Waals surface area contributed by atoms with E-state index < -0.39 is 74.6 Å². The van der Waals surface area contributed by atoms with Crippen molar-refractivity contribution in [2.45, 2.75) is 61.4 Å². The predicted octanol–water partition coefficient (Wildman–Crippen LogP) is -5.40. The Hall–Kier alpha value is -0.440. The molecule has 11 heteroatoms. The first-order chi connectivity index (χ1) is 10.8. The van der Waals surface area contributed by atoms with Crippen molar-refractivity contribution in [1.29, 1.82) is 0 Å². The molecule has 0 spiro atoms. The molecule has 2 aliphatic rings. The minimum absolute atomic E-state index is 0.667. The second kappa shape index (κ2) is 7.63. The molecule has 10 atom stereocenters. The van der Waals surface area contributed by atoms with Crippen molar-refractivity contribution < 1.29 is 55.1 Å². The first kappa shape index (κ1) is 18.9. The topological polar surface area (TPSA) is 190 Å². The smallest absolute Gasteiger partial charge is 0.187 e. The molecule has 136 valence electrons. The van der Waals surface area contributed by atoms with Gasteiger partial charge in [0.2, 0.25) is 0 Å². The Kier molecular flexibility index (Phi) is 6.27. The van der Waals surface area contributed by atoms with E-state index in [4.69, 9.17) is 19.3 Å². The summed E-state index contributed by atoms with van der Waals surface area (Å²) in [6.07, 6.45) is -15.6. The Morgan fingerprint density at radius 1 is 0.652 bits per heavy atom. The molecule has 23 heavy (non-hydrogen) atoms. The van der Waals surface area contributed by atoms with Crippen LogP contribution in [0.3, 0.4) is 0 Å². The van der Waals surface area contributed by atoms with Crippen LogP contribution in [-0.4, -0.2) is 115 Å². The molecule has 2 aliphatic heterocycles. The van der Waals surface area contributed by atoms with E-state index in [0.717, 1.165) is 0 Å². The van der Waals surface area contributed by atoms with E-state index in [1.165, 1.54) is 0 Å². The normalized spacial score (nSPS) is 51.7. The molecule has 0 bridgehead atoms. The number of hydrogen-bond acceptors (Lipinski definition) is 11. The van der Waals surface area contributed by atoms with Gasteiger partial charge in [0.1, 0.15) is 48.8 Å². The second-order valence-electron chi connectivity index (χ2n) is 5.53. The van der Waals surface area contributed by atoms with E-state index in [1.807, 2.05) is 0 Å². The minimum atomic E-state index is -1.74. The fourth-order valence-corrected chi connectivity index (χ4v) is 2.57. The first-order valence-electron chi connectivity index (χ1n) is 7.08. The van der Waals surface area contributed by atoms with Crippen LogP contribution in [0.2, 0.25) is 0 Å². The van der Waals surface area contributed by atoms with Crippen molar-refractivity contribution in [1.82, 2.24) is 0 Å². The molecule has 0 saturated carbocycles. The van der Waals surface area contributed by atoms with E-state index in [9.17, 15) is 35.7 Å². The highest BCUT2D eigenvalue weighted by Crippen LogP contribution is 2.28. The van der Waals surface area contributed by atoms with E-state index in [1.54, 1.807) is 0 Å². The van der Waals surface area contributed by atoms with Crippen LogP contribution in [-0.2, 0) is 14.2 Å². The zero-order valence-corrected chi connectivity index (χ0v) is 12.0. The van der Waals surface area contributed by atoms with E-state index in [0.29, 0.717) is 0 Å². The molecule has 11 nitrogen and oxygen atoms in total. The van der Waals surface area contributed by atoms with Crippen LogP contribution in [0.1, 0.15) is 0 Å². The molecule has 0 amide bonds. The van der Waals surface area contributed by atoms with Crippen LogP contribution in [0.5, 0.6) is 0 Å². The number of hydrogen-bond donors (Lipinski definition) is 8. The van der Waals surface area contributed by atoms with Gasteiger partial charge in [-0.3, -0.25) is 0 Å². The average Bonchev–Trinajstić information content (AvgIpc) is 2.55. The lowest BCUT2D eigenvalue weighted by molar-refractivity contribution is -0.355. The maximum absolute atomic E-state index is 9.94. The maximum Gasteiger partial charge on any atom is 0.187 e. The number of aliphatic hydroxyl groups excluding tert-OH is 8. The Morgan fingerprint density at radius 3 is 1.83 bits per heavy atom. The molecule has 0 unspecified atom stereocenters. The molecule has 2 saturated heterocycles. The molecule has 0 radical (unpaired) electrons. The number of aliphatic hydroxyl groups is 8. The summed E-state index contributed by atoms with van der Waals surface area (Å²) >= 11 is 0. The molecule has 0 aliphatic carbocycles. The molecular formula is C12H22O11. The van der Waals surface area contributed by atoms with Crippen molar-refractivity contribution in [3.63, 3.8) is 0 Å². The summed E-state index contributed by atoms with van der Waals surface area (Å²) in [6.45, 7) is -1.35. The van der Waals surface area contributed by atoms with Gasteiger partial charge in [0.05, 0.1) is 13.2 Å². The average molecular weight is 342 g/mol. The van der Waals surface area contributed by atoms with Gasteiger partial charge in [0.15, 0.2) is 12.6 Å². The van der Waals surface area contributed by atoms with Crippen LogP contribution >= 0.6 is 0 Å². The molecule has 2 fully saturated rings. The predicted molar refractivity (Wildman–Crippen MR) is 68.6 cm³/mol. The lowest BCUT2D eigenvalue weighted by atomic mass is 9.97. The van der Waals surface area contributed by atoms with Gasteiger partial charge < -0.3 is 55.1 Å². The molecule has 0 aromatic rings. The highest BCUT2D eigenvalue weighted by molar-refractivity contribution is 4.93. The van der Waals surface area contributed by atoms with Gasteiger partial charge in [-0.15, -0.1) is 0 Å². The summed E-state index contributed by atoms with van der Waals surface area (Å²) < 4.78 is 15.3. The monoisotopic (exact) mass is 342 g/mol. The van der Waals surface area contributed by atoms with Crippen LogP contribution in [0.15, 0.2) is 0 Å². The highest BCUT2D eigenvalue weighted by atomic mass is 16.7. The third-order valence-corrected chi connectivity index (χ3v) is 3.98. The van der Waals surface area contributed by atoms with Crippen LogP contribution in [0.25, 0.3) is 0 Å². The zero-order chi connectivity index (χ0) is 17.3. The molecule has 0 aromatic heterocycles. The van der Waals surface area contributed by atoms with Crippen molar-refractivity contribution in [2.75, 3.05) is 13.2 Å². The fraction of sp³-hybridized carbons (Fsp3) is 1.00. The quantitative estimate of drug-likeness (QED) is 0.243. The van der Waals surface area contributed by atoms with Gasteiger partial charge in [-0.2, -0.15) is 0 Å². The Balaban J connectivity index is 2.11. The summed E-state index contributed by atoms with van der Waals surface area (Å²) in [7, 11) is 0. The largest absolute Gasteiger partial charge is 0.394 e. The Bertz CT molecular complexity index is 378. The summed E-state index contributed by atoms with van der Waals surface area (Å²) in [4.78, 5) is 0. The third-order valence-electron chi connectivity index (χ3n) is 3.98. The molecule has 0 aromatic carbocycles. The maximum atomic E-state index is 9.94. The van der Waals surface area contributed by atoms with Crippen LogP contribution in [0, 0.1) is 0 Å². The lowest BCUT2D eigenvalue weighted by Crippen LogP contribution is -2.64.